The third kappa shape index (κ3) is 5.92. The van der Waals surface area contributed by atoms with E-state index in [0.29, 0.717) is 5.69 Å². The smallest absolute Gasteiger partial charge is 0.271 e. The van der Waals surface area contributed by atoms with E-state index in [2.05, 4.69) is 41.9 Å². The lowest BCUT2D eigenvalue weighted by molar-refractivity contribution is 0.336. The van der Waals surface area contributed by atoms with Crippen LogP contribution >= 0.6 is 0 Å². The van der Waals surface area contributed by atoms with Gasteiger partial charge in [0.1, 0.15) is 17.3 Å². The molecule has 0 saturated carbocycles. The SMILES string of the molecule is C=C1C(C)=C(C)N(C)C(=C)N1C.Cc1nc(C)c(=O)n(C)c1C.Cc1nc(C)n(C)c(=O)c1C. The minimum atomic E-state index is -0.00639. The summed E-state index contributed by atoms with van der Waals surface area (Å²) in [5.74, 6) is 1.74. The standard InChI is InChI=1S/C10H16N2.2C8H12N2O/c1-7-8(2)11(5)10(4)12(6)9(7)3;1-5-7(3)10(4)8(11)6(2)9-5;1-5-6(2)9-7(3)10(4)8(5)11/h2,4H2,1,3,5-6H3;2*1-4H3. The highest BCUT2D eigenvalue weighted by Crippen LogP contribution is 2.28. The molecule has 1 aliphatic rings. The van der Waals surface area contributed by atoms with Gasteiger partial charge in [-0.3, -0.25) is 19.1 Å². The number of nitrogens with zero attached hydrogens (tertiary/aromatic N) is 6. The van der Waals surface area contributed by atoms with Crippen LogP contribution in [0.3, 0.4) is 0 Å². The molecule has 0 unspecified atom stereocenters. The van der Waals surface area contributed by atoms with Gasteiger partial charge in [0.25, 0.3) is 11.1 Å². The van der Waals surface area contributed by atoms with Crippen LogP contribution in [0.4, 0.5) is 0 Å². The molecule has 8 nitrogen and oxygen atoms in total. The van der Waals surface area contributed by atoms with Gasteiger partial charge in [0.2, 0.25) is 0 Å². The van der Waals surface area contributed by atoms with Crippen molar-refractivity contribution in [1.29, 1.82) is 0 Å². The fourth-order valence-corrected chi connectivity index (χ4v) is 3.26. The molecule has 0 aliphatic carbocycles. The lowest BCUT2D eigenvalue weighted by atomic mass is 10.1. The van der Waals surface area contributed by atoms with Crippen molar-refractivity contribution in [1.82, 2.24) is 28.9 Å². The van der Waals surface area contributed by atoms with Crippen LogP contribution in [0.2, 0.25) is 0 Å². The van der Waals surface area contributed by atoms with Crippen molar-refractivity contribution in [3.05, 3.63) is 90.8 Å². The van der Waals surface area contributed by atoms with Gasteiger partial charge in [-0.2, -0.15) is 0 Å². The average Bonchev–Trinajstić information content (AvgIpc) is 2.80. The van der Waals surface area contributed by atoms with Crippen LogP contribution in [0.1, 0.15) is 48.0 Å². The first kappa shape index (κ1) is 28.6. The molecule has 8 heteroatoms. The lowest BCUT2D eigenvalue weighted by Gasteiger charge is -2.38. The summed E-state index contributed by atoms with van der Waals surface area (Å²) in [5, 5.41) is 0. The topological polar surface area (TPSA) is 76.3 Å². The van der Waals surface area contributed by atoms with Gasteiger partial charge in [0.05, 0.1) is 5.69 Å². The predicted octanol–water partition coefficient (Wildman–Crippen LogP) is 3.55. The summed E-state index contributed by atoms with van der Waals surface area (Å²) < 4.78 is 3.18. The highest BCUT2D eigenvalue weighted by molar-refractivity contribution is 5.36. The van der Waals surface area contributed by atoms with Crippen molar-refractivity contribution in [2.75, 3.05) is 14.1 Å². The fraction of sp³-hybridized carbons (Fsp3) is 0.462. The zero-order valence-electron chi connectivity index (χ0n) is 22.9. The van der Waals surface area contributed by atoms with E-state index in [-0.39, 0.29) is 11.1 Å². The summed E-state index contributed by atoms with van der Waals surface area (Å²) in [7, 11) is 7.50. The van der Waals surface area contributed by atoms with Crippen LogP contribution in [-0.2, 0) is 14.1 Å². The first-order chi connectivity index (χ1) is 15.5. The van der Waals surface area contributed by atoms with Crippen molar-refractivity contribution in [2.45, 2.75) is 55.4 Å². The molecule has 0 bridgehead atoms. The van der Waals surface area contributed by atoms with Gasteiger partial charge >= 0.3 is 0 Å². The predicted molar refractivity (Wildman–Crippen MR) is 140 cm³/mol. The van der Waals surface area contributed by atoms with Crippen LogP contribution in [0.15, 0.2) is 45.5 Å². The molecule has 0 radical (unpaired) electrons. The fourth-order valence-electron chi connectivity index (χ4n) is 3.26. The number of hydrogen-bond acceptors (Lipinski definition) is 6. The molecule has 3 heterocycles. The summed E-state index contributed by atoms with van der Waals surface area (Å²) in [6, 6.07) is 0. The van der Waals surface area contributed by atoms with E-state index >= 15 is 0 Å². The Hall–Kier alpha value is -3.42. The van der Waals surface area contributed by atoms with Gasteiger partial charge in [0, 0.05) is 56.5 Å². The van der Waals surface area contributed by atoms with Crippen LogP contribution < -0.4 is 11.1 Å². The van der Waals surface area contributed by atoms with Crippen LogP contribution in [0.25, 0.3) is 0 Å². The Morgan fingerprint density at radius 3 is 1.71 bits per heavy atom. The minimum Gasteiger partial charge on any atom is -0.335 e. The van der Waals surface area contributed by atoms with Crippen molar-refractivity contribution in [2.24, 2.45) is 14.1 Å². The van der Waals surface area contributed by atoms with Gasteiger partial charge in [0.15, 0.2) is 0 Å². The summed E-state index contributed by atoms with van der Waals surface area (Å²) in [5.41, 5.74) is 7.51. The molecular formula is C26H40N6O2. The van der Waals surface area contributed by atoms with E-state index in [9.17, 15) is 9.59 Å². The van der Waals surface area contributed by atoms with Crippen molar-refractivity contribution >= 4 is 0 Å². The van der Waals surface area contributed by atoms with Crippen LogP contribution in [0.5, 0.6) is 0 Å². The largest absolute Gasteiger partial charge is 0.335 e. The minimum absolute atomic E-state index is 0.00639. The zero-order chi connectivity index (χ0) is 26.7. The summed E-state index contributed by atoms with van der Waals surface area (Å²) in [6.45, 7) is 23.1. The Labute approximate surface area is 203 Å². The van der Waals surface area contributed by atoms with Crippen molar-refractivity contribution < 1.29 is 0 Å². The number of rotatable bonds is 0. The van der Waals surface area contributed by atoms with E-state index in [1.54, 1.807) is 37.1 Å². The number of hydrogen-bond donors (Lipinski definition) is 0. The van der Waals surface area contributed by atoms with E-state index in [1.165, 1.54) is 11.3 Å². The molecule has 34 heavy (non-hydrogen) atoms. The first-order valence-electron chi connectivity index (χ1n) is 11.1. The Morgan fingerprint density at radius 2 is 1.18 bits per heavy atom. The van der Waals surface area contributed by atoms with Gasteiger partial charge < -0.3 is 14.4 Å². The Balaban J connectivity index is 0.000000255. The highest BCUT2D eigenvalue weighted by Gasteiger charge is 2.20. The molecule has 0 spiro atoms. The zero-order valence-corrected chi connectivity index (χ0v) is 22.9. The molecule has 186 valence electrons. The molecule has 0 fully saturated rings. The maximum atomic E-state index is 11.3. The lowest BCUT2D eigenvalue weighted by Crippen LogP contribution is -2.33. The monoisotopic (exact) mass is 468 g/mol. The number of aromatic nitrogens is 4. The molecule has 1 aliphatic heterocycles. The molecule has 0 aromatic carbocycles. The van der Waals surface area contributed by atoms with Gasteiger partial charge in [-0.25, -0.2) is 4.98 Å². The normalized spacial score (nSPS) is 13.4. The maximum absolute atomic E-state index is 11.3. The third-order valence-corrected chi connectivity index (χ3v) is 6.62. The molecule has 0 amide bonds. The third-order valence-electron chi connectivity index (χ3n) is 6.62. The molecule has 0 saturated heterocycles. The summed E-state index contributed by atoms with van der Waals surface area (Å²) in [6.07, 6.45) is 0. The molecule has 0 atom stereocenters. The second-order valence-electron chi connectivity index (χ2n) is 8.66. The highest BCUT2D eigenvalue weighted by atomic mass is 16.1. The van der Waals surface area contributed by atoms with Crippen LogP contribution in [-0.4, -0.2) is 43.0 Å². The second-order valence-corrected chi connectivity index (χ2v) is 8.66. The van der Waals surface area contributed by atoms with E-state index in [4.69, 9.17) is 0 Å². The quantitative estimate of drug-likeness (QED) is 0.589. The number of likely N-dealkylation sites (N-methyl/N-ethyl adjacent to an activating group) is 1. The molecule has 2 aromatic heterocycles. The van der Waals surface area contributed by atoms with Crippen molar-refractivity contribution in [3.63, 3.8) is 0 Å². The Kier molecular flexibility index (Phi) is 9.37. The molecule has 0 N–H and O–H groups in total. The van der Waals surface area contributed by atoms with Gasteiger partial charge in [-0.1, -0.05) is 13.2 Å². The van der Waals surface area contributed by atoms with E-state index < -0.39 is 0 Å². The molecule has 2 aromatic rings. The first-order valence-corrected chi connectivity index (χ1v) is 11.1. The molecular weight excluding hydrogens is 428 g/mol. The van der Waals surface area contributed by atoms with Gasteiger partial charge in [-0.05, 0) is 61.0 Å². The molecule has 3 rings (SSSR count). The average molecular weight is 469 g/mol. The van der Waals surface area contributed by atoms with Crippen LogP contribution in [0, 0.1) is 41.5 Å². The number of allylic oxidation sites excluding steroid dienone is 2. The Morgan fingerprint density at radius 1 is 0.647 bits per heavy atom. The Bertz CT molecular complexity index is 1230. The second kappa shape index (κ2) is 11.1. The summed E-state index contributed by atoms with van der Waals surface area (Å²) >= 11 is 0. The number of aryl methyl sites for hydroxylation is 4. The van der Waals surface area contributed by atoms with E-state index in [0.717, 1.165) is 40.0 Å². The van der Waals surface area contributed by atoms with Gasteiger partial charge in [-0.15, -0.1) is 0 Å². The van der Waals surface area contributed by atoms with E-state index in [1.807, 2.05) is 46.7 Å². The summed E-state index contributed by atoms with van der Waals surface area (Å²) in [4.78, 5) is 34.9. The van der Waals surface area contributed by atoms with Crippen molar-refractivity contribution in [3.8, 4) is 0 Å². The maximum Gasteiger partial charge on any atom is 0.271 e.